The van der Waals surface area contributed by atoms with Gasteiger partial charge in [0.25, 0.3) is 5.91 Å². The van der Waals surface area contributed by atoms with Crippen LogP contribution in [0.2, 0.25) is 0 Å². The van der Waals surface area contributed by atoms with Crippen LogP contribution in [0.3, 0.4) is 0 Å². The molecule has 2 aliphatic rings. The van der Waals surface area contributed by atoms with Gasteiger partial charge >= 0.3 is 0 Å². The minimum Gasteiger partial charge on any atom is -0.376 e. The molecule has 2 N–H and O–H groups in total. The number of fused-ring (bicyclic) bond motifs is 1. The third-order valence-electron chi connectivity index (χ3n) is 4.67. The fourth-order valence-electron chi connectivity index (χ4n) is 3.36. The summed E-state index contributed by atoms with van der Waals surface area (Å²) in [5.41, 5.74) is 1.82. The number of aryl methyl sites for hydroxylation is 1. The quantitative estimate of drug-likeness (QED) is 0.793. The van der Waals surface area contributed by atoms with Crippen molar-refractivity contribution in [3.63, 3.8) is 0 Å². The number of ether oxygens (including phenoxy) is 1. The van der Waals surface area contributed by atoms with Crippen LogP contribution in [-0.4, -0.2) is 31.1 Å². The number of hydrogen-bond acceptors (Lipinski definition) is 4. The number of carbonyl (C=O) groups is 2. The van der Waals surface area contributed by atoms with Crippen LogP contribution in [0.25, 0.3) is 0 Å². The fraction of sp³-hybridized carbons (Fsp3) is 0.667. The Morgan fingerprint density at radius 1 is 1.29 bits per heavy atom. The van der Waals surface area contributed by atoms with Crippen molar-refractivity contribution in [2.24, 2.45) is 0 Å². The lowest BCUT2D eigenvalue weighted by Gasteiger charge is -2.12. The molecule has 0 bridgehead atoms. The van der Waals surface area contributed by atoms with Gasteiger partial charge in [-0.25, -0.2) is 0 Å². The van der Waals surface area contributed by atoms with Gasteiger partial charge in [-0.3, -0.25) is 9.59 Å². The molecule has 0 radical (unpaired) electrons. The second-order valence-electron chi connectivity index (χ2n) is 6.56. The molecule has 1 aromatic rings. The number of hydrogen-bond donors (Lipinski definition) is 2. The molecule has 24 heavy (non-hydrogen) atoms. The van der Waals surface area contributed by atoms with E-state index in [1.165, 1.54) is 4.88 Å². The Bertz CT molecular complexity index is 606. The van der Waals surface area contributed by atoms with Gasteiger partial charge in [-0.1, -0.05) is 13.3 Å². The van der Waals surface area contributed by atoms with E-state index >= 15 is 0 Å². The van der Waals surface area contributed by atoms with Crippen molar-refractivity contribution in [3.05, 3.63) is 16.0 Å². The maximum absolute atomic E-state index is 12.7. The lowest BCUT2D eigenvalue weighted by Crippen LogP contribution is -2.32. The molecule has 2 heterocycles. The lowest BCUT2D eigenvalue weighted by molar-refractivity contribution is -0.116. The Morgan fingerprint density at radius 2 is 2.17 bits per heavy atom. The first kappa shape index (κ1) is 17.4. The number of unbranched alkanes of at least 4 members (excludes halogenated alkanes) is 1. The smallest absolute Gasteiger partial charge is 0.254 e. The van der Waals surface area contributed by atoms with Crippen LogP contribution in [0.5, 0.6) is 0 Å². The van der Waals surface area contributed by atoms with Gasteiger partial charge in [0.2, 0.25) is 5.91 Å². The van der Waals surface area contributed by atoms with Crippen molar-refractivity contribution in [2.45, 2.75) is 64.4 Å². The van der Waals surface area contributed by atoms with E-state index in [-0.39, 0.29) is 17.9 Å². The topological polar surface area (TPSA) is 67.4 Å². The van der Waals surface area contributed by atoms with Gasteiger partial charge in [0.1, 0.15) is 5.00 Å². The SMILES string of the molecule is CCCCC(=O)Nc1sc2c(c1C(=O)NC[C@H]1CCCO1)CCC2. The van der Waals surface area contributed by atoms with Crippen LogP contribution in [0, 0.1) is 0 Å². The highest BCUT2D eigenvalue weighted by atomic mass is 32.1. The van der Waals surface area contributed by atoms with Crippen LogP contribution < -0.4 is 10.6 Å². The van der Waals surface area contributed by atoms with E-state index in [0.29, 0.717) is 18.5 Å². The van der Waals surface area contributed by atoms with Crippen molar-refractivity contribution in [1.29, 1.82) is 0 Å². The normalized spacial score (nSPS) is 19.3. The minimum atomic E-state index is -0.0734. The third-order valence-corrected chi connectivity index (χ3v) is 5.88. The predicted molar refractivity (Wildman–Crippen MR) is 95.8 cm³/mol. The molecule has 3 rings (SSSR count). The maximum Gasteiger partial charge on any atom is 0.254 e. The number of amides is 2. The van der Waals surface area contributed by atoms with Crippen LogP contribution in [-0.2, 0) is 22.4 Å². The average Bonchev–Trinajstić information content (AvgIpc) is 3.27. The molecule has 0 unspecified atom stereocenters. The summed E-state index contributed by atoms with van der Waals surface area (Å²) in [6.45, 7) is 3.40. The van der Waals surface area contributed by atoms with E-state index in [4.69, 9.17) is 4.74 Å². The Labute approximate surface area is 147 Å². The van der Waals surface area contributed by atoms with E-state index in [9.17, 15) is 9.59 Å². The number of nitrogens with one attached hydrogen (secondary N) is 2. The molecule has 1 saturated heterocycles. The first-order valence-corrected chi connectivity index (χ1v) is 9.85. The molecule has 1 aliphatic heterocycles. The molecule has 1 fully saturated rings. The van der Waals surface area contributed by atoms with Gasteiger partial charge < -0.3 is 15.4 Å². The molecule has 5 nitrogen and oxygen atoms in total. The molecular weight excluding hydrogens is 324 g/mol. The molecule has 132 valence electrons. The van der Waals surface area contributed by atoms with Crippen LogP contribution in [0.15, 0.2) is 0 Å². The maximum atomic E-state index is 12.7. The molecule has 2 amide bonds. The summed E-state index contributed by atoms with van der Waals surface area (Å²) in [4.78, 5) is 26.1. The molecule has 0 saturated carbocycles. The molecule has 1 aromatic heterocycles. The first-order valence-electron chi connectivity index (χ1n) is 9.03. The molecule has 0 aromatic carbocycles. The number of carbonyl (C=O) groups excluding carboxylic acids is 2. The summed E-state index contributed by atoms with van der Waals surface area (Å²) < 4.78 is 5.57. The molecule has 6 heteroatoms. The van der Waals surface area contributed by atoms with Gasteiger partial charge in [-0.05, 0) is 44.1 Å². The van der Waals surface area contributed by atoms with Crippen LogP contribution in [0.4, 0.5) is 5.00 Å². The highest BCUT2D eigenvalue weighted by Gasteiger charge is 2.28. The number of rotatable bonds is 7. The summed E-state index contributed by atoms with van der Waals surface area (Å²) in [6.07, 6.45) is 7.60. The van der Waals surface area contributed by atoms with Crippen molar-refractivity contribution in [1.82, 2.24) is 5.32 Å². The summed E-state index contributed by atoms with van der Waals surface area (Å²) in [5.74, 6) is -0.0689. The zero-order valence-corrected chi connectivity index (χ0v) is 15.1. The van der Waals surface area contributed by atoms with Gasteiger partial charge in [0, 0.05) is 24.4 Å². The van der Waals surface area contributed by atoms with E-state index in [1.807, 2.05) is 0 Å². The minimum absolute atomic E-state index is 0.00458. The fourth-order valence-corrected chi connectivity index (χ4v) is 4.66. The van der Waals surface area contributed by atoms with Crippen molar-refractivity contribution < 1.29 is 14.3 Å². The standard InChI is InChI=1S/C18H26N2O3S/c1-2-3-9-15(21)20-18-16(13-7-4-8-14(13)24-18)17(22)19-11-12-6-5-10-23-12/h12H,2-11H2,1H3,(H,19,22)(H,20,21)/t12-/m1/s1. The third kappa shape index (κ3) is 3.98. The highest BCUT2D eigenvalue weighted by molar-refractivity contribution is 7.17. The molecule has 1 atom stereocenters. The molecule has 0 spiro atoms. The largest absolute Gasteiger partial charge is 0.376 e. The van der Waals surface area contributed by atoms with Gasteiger partial charge in [-0.2, -0.15) is 0 Å². The number of anilines is 1. The predicted octanol–water partition coefficient (Wildman–Crippen LogP) is 3.27. The summed E-state index contributed by atoms with van der Waals surface area (Å²) in [5, 5.41) is 6.70. The zero-order valence-electron chi connectivity index (χ0n) is 14.3. The highest BCUT2D eigenvalue weighted by Crippen LogP contribution is 2.39. The monoisotopic (exact) mass is 350 g/mol. The molecular formula is C18H26N2O3S. The summed E-state index contributed by atoms with van der Waals surface area (Å²) >= 11 is 1.57. The van der Waals surface area contributed by atoms with Gasteiger partial charge in [-0.15, -0.1) is 11.3 Å². The second-order valence-corrected chi connectivity index (χ2v) is 7.66. The molecule has 1 aliphatic carbocycles. The van der Waals surface area contributed by atoms with Gasteiger partial charge in [0.05, 0.1) is 11.7 Å². The number of thiophene rings is 1. The van der Waals surface area contributed by atoms with Crippen molar-refractivity contribution >= 4 is 28.2 Å². The van der Waals surface area contributed by atoms with Crippen LogP contribution in [0.1, 0.15) is 66.2 Å². The van der Waals surface area contributed by atoms with E-state index in [1.54, 1.807) is 11.3 Å². The first-order chi connectivity index (χ1) is 11.7. The average molecular weight is 350 g/mol. The summed E-state index contributed by atoms with van der Waals surface area (Å²) in [7, 11) is 0. The van der Waals surface area contributed by atoms with E-state index < -0.39 is 0 Å². The van der Waals surface area contributed by atoms with E-state index in [0.717, 1.165) is 62.1 Å². The second kappa shape index (κ2) is 8.12. The lowest BCUT2D eigenvalue weighted by atomic mass is 10.1. The van der Waals surface area contributed by atoms with Crippen molar-refractivity contribution in [2.75, 3.05) is 18.5 Å². The Kier molecular flexibility index (Phi) is 5.89. The Morgan fingerprint density at radius 3 is 2.92 bits per heavy atom. The van der Waals surface area contributed by atoms with Gasteiger partial charge in [0.15, 0.2) is 0 Å². The van der Waals surface area contributed by atoms with Crippen molar-refractivity contribution in [3.8, 4) is 0 Å². The van der Waals surface area contributed by atoms with Crippen LogP contribution >= 0.6 is 11.3 Å². The Balaban J connectivity index is 1.69. The summed E-state index contributed by atoms with van der Waals surface area (Å²) in [6, 6.07) is 0. The van der Waals surface area contributed by atoms with E-state index in [2.05, 4.69) is 17.6 Å². The zero-order chi connectivity index (χ0) is 16.9. The Hall–Kier alpha value is -1.40.